The lowest BCUT2D eigenvalue weighted by Gasteiger charge is -2.18. The summed E-state index contributed by atoms with van der Waals surface area (Å²) in [6.07, 6.45) is 1.66. The molecule has 0 atom stereocenters. The first-order valence-corrected chi connectivity index (χ1v) is 9.91. The van der Waals surface area contributed by atoms with E-state index in [4.69, 9.17) is 9.47 Å². The zero-order valence-electron chi connectivity index (χ0n) is 16.6. The normalized spacial score (nSPS) is 12.5. The summed E-state index contributed by atoms with van der Waals surface area (Å²) in [5, 5.41) is 3.53. The number of benzene rings is 2. The van der Waals surface area contributed by atoms with Gasteiger partial charge in [-0.1, -0.05) is 11.8 Å². The first-order valence-electron chi connectivity index (χ1n) is 9.09. The number of hydrogen-bond acceptors (Lipinski definition) is 6. The van der Waals surface area contributed by atoms with Gasteiger partial charge in [0.15, 0.2) is 0 Å². The number of ether oxygens (including phenoxy) is 2. The predicted octanol–water partition coefficient (Wildman–Crippen LogP) is 4.09. The van der Waals surface area contributed by atoms with Crippen LogP contribution < -0.4 is 19.7 Å². The lowest BCUT2D eigenvalue weighted by molar-refractivity contribution is 0.0987. The Morgan fingerprint density at radius 1 is 1.07 bits per heavy atom. The number of carbonyl (C=O) groups is 2. The molecule has 0 spiro atoms. The third-order valence-corrected chi connectivity index (χ3v) is 5.77. The Morgan fingerprint density at radius 3 is 2.50 bits per heavy atom. The lowest BCUT2D eigenvalue weighted by atomic mass is 10.1. The molecule has 8 heteroatoms. The molecule has 1 aliphatic heterocycles. The average molecular weight is 421 g/mol. The van der Waals surface area contributed by atoms with E-state index in [1.54, 1.807) is 54.5 Å². The number of fused-ring (bicyclic) bond motifs is 2. The zero-order valence-corrected chi connectivity index (χ0v) is 17.4. The Labute approximate surface area is 178 Å². The second kappa shape index (κ2) is 8.08. The van der Waals surface area contributed by atoms with Crippen LogP contribution >= 0.6 is 11.8 Å². The van der Waals surface area contributed by atoms with Crippen molar-refractivity contribution in [3.8, 4) is 11.5 Å². The van der Waals surface area contributed by atoms with Crippen molar-refractivity contribution in [1.82, 2.24) is 4.98 Å². The quantitative estimate of drug-likeness (QED) is 0.683. The largest absolute Gasteiger partial charge is 0.497 e. The van der Waals surface area contributed by atoms with Crippen molar-refractivity contribution in [1.29, 1.82) is 0 Å². The molecule has 1 aromatic heterocycles. The number of carbonyl (C=O) groups excluding carboxylic acids is 2. The number of amides is 2. The van der Waals surface area contributed by atoms with E-state index >= 15 is 0 Å². The molecule has 0 saturated carbocycles. The van der Waals surface area contributed by atoms with Crippen LogP contribution in [0.15, 0.2) is 64.6 Å². The van der Waals surface area contributed by atoms with Crippen LogP contribution in [-0.2, 0) is 0 Å². The topological polar surface area (TPSA) is 80.8 Å². The molecule has 0 bridgehead atoms. The molecule has 1 aliphatic rings. The molecule has 0 radical (unpaired) electrons. The maximum atomic E-state index is 12.8. The van der Waals surface area contributed by atoms with Crippen molar-refractivity contribution in [2.45, 2.75) is 9.92 Å². The van der Waals surface area contributed by atoms with Crippen LogP contribution in [0, 0.1) is 0 Å². The SMILES string of the molecule is COc1cc(OC)cc(C(=O)Nc2ccc3c(c2)Sc2ncccc2C(=O)N3C)c1. The fourth-order valence-corrected chi connectivity index (χ4v) is 4.20. The van der Waals surface area contributed by atoms with Crippen LogP contribution in [-0.4, -0.2) is 38.1 Å². The van der Waals surface area contributed by atoms with Gasteiger partial charge in [0.05, 0.1) is 25.5 Å². The van der Waals surface area contributed by atoms with Crippen molar-refractivity contribution < 1.29 is 19.1 Å². The van der Waals surface area contributed by atoms with E-state index in [0.29, 0.717) is 33.3 Å². The molecule has 7 nitrogen and oxygen atoms in total. The number of anilines is 2. The molecule has 4 rings (SSSR count). The maximum absolute atomic E-state index is 12.8. The molecule has 1 N–H and O–H groups in total. The smallest absolute Gasteiger partial charge is 0.260 e. The first kappa shape index (κ1) is 19.8. The van der Waals surface area contributed by atoms with E-state index in [2.05, 4.69) is 10.3 Å². The van der Waals surface area contributed by atoms with Crippen molar-refractivity contribution in [2.24, 2.45) is 0 Å². The predicted molar refractivity (Wildman–Crippen MR) is 115 cm³/mol. The number of rotatable bonds is 4. The maximum Gasteiger partial charge on any atom is 0.260 e. The van der Waals surface area contributed by atoms with Crippen molar-refractivity contribution >= 4 is 35.0 Å². The second-order valence-electron chi connectivity index (χ2n) is 6.56. The van der Waals surface area contributed by atoms with Crippen molar-refractivity contribution in [2.75, 3.05) is 31.5 Å². The lowest BCUT2D eigenvalue weighted by Crippen LogP contribution is -2.26. The van der Waals surface area contributed by atoms with Crippen LogP contribution in [0.4, 0.5) is 11.4 Å². The van der Waals surface area contributed by atoms with Crippen LogP contribution in [0.3, 0.4) is 0 Å². The first-order chi connectivity index (χ1) is 14.5. The summed E-state index contributed by atoms with van der Waals surface area (Å²) >= 11 is 1.40. The molecule has 2 heterocycles. The molecule has 2 amide bonds. The summed E-state index contributed by atoms with van der Waals surface area (Å²) in [4.78, 5) is 32.3. The van der Waals surface area contributed by atoms with Gasteiger partial charge >= 0.3 is 0 Å². The Morgan fingerprint density at radius 2 is 1.80 bits per heavy atom. The molecule has 0 unspecified atom stereocenters. The highest BCUT2D eigenvalue weighted by Crippen LogP contribution is 2.41. The number of hydrogen-bond donors (Lipinski definition) is 1. The van der Waals surface area contributed by atoms with E-state index in [0.717, 1.165) is 10.6 Å². The monoisotopic (exact) mass is 421 g/mol. The van der Waals surface area contributed by atoms with Gasteiger partial charge in [0, 0.05) is 35.5 Å². The second-order valence-corrected chi connectivity index (χ2v) is 7.59. The van der Waals surface area contributed by atoms with Gasteiger partial charge in [0.25, 0.3) is 11.8 Å². The highest BCUT2D eigenvalue weighted by Gasteiger charge is 2.25. The van der Waals surface area contributed by atoms with Gasteiger partial charge < -0.3 is 19.7 Å². The summed E-state index contributed by atoms with van der Waals surface area (Å²) in [5.41, 5.74) is 2.32. The number of aromatic nitrogens is 1. The highest BCUT2D eigenvalue weighted by molar-refractivity contribution is 7.99. The highest BCUT2D eigenvalue weighted by atomic mass is 32.2. The molecular weight excluding hydrogens is 402 g/mol. The van der Waals surface area contributed by atoms with Crippen molar-refractivity contribution in [3.63, 3.8) is 0 Å². The molecule has 152 valence electrons. The van der Waals surface area contributed by atoms with Gasteiger partial charge in [-0.25, -0.2) is 4.98 Å². The van der Waals surface area contributed by atoms with E-state index in [-0.39, 0.29) is 11.8 Å². The molecule has 30 heavy (non-hydrogen) atoms. The van der Waals surface area contributed by atoms with Gasteiger partial charge in [-0.3, -0.25) is 9.59 Å². The average Bonchev–Trinajstić information content (AvgIpc) is 2.87. The molecule has 3 aromatic rings. The Bertz CT molecular complexity index is 1130. The van der Waals surface area contributed by atoms with E-state index in [9.17, 15) is 9.59 Å². The molecule has 0 fully saturated rings. The van der Waals surface area contributed by atoms with Crippen LogP contribution in [0.1, 0.15) is 20.7 Å². The number of methoxy groups -OCH3 is 2. The van der Waals surface area contributed by atoms with Gasteiger partial charge in [-0.05, 0) is 42.5 Å². The number of pyridine rings is 1. The summed E-state index contributed by atoms with van der Waals surface area (Å²) < 4.78 is 10.5. The Balaban J connectivity index is 1.65. The van der Waals surface area contributed by atoms with E-state index in [1.165, 1.54) is 26.0 Å². The summed E-state index contributed by atoms with van der Waals surface area (Å²) in [5.74, 6) is 0.637. The van der Waals surface area contributed by atoms with Crippen LogP contribution in [0.25, 0.3) is 0 Å². The van der Waals surface area contributed by atoms with E-state index in [1.807, 2.05) is 12.1 Å². The van der Waals surface area contributed by atoms with E-state index < -0.39 is 0 Å². The third kappa shape index (κ3) is 3.69. The fraction of sp³-hybridized carbons (Fsp3) is 0.136. The van der Waals surface area contributed by atoms with Gasteiger partial charge in [-0.2, -0.15) is 0 Å². The molecular formula is C22H19N3O4S. The minimum Gasteiger partial charge on any atom is -0.497 e. The third-order valence-electron chi connectivity index (χ3n) is 4.71. The molecule has 0 aliphatic carbocycles. The van der Waals surface area contributed by atoms with Crippen molar-refractivity contribution in [3.05, 3.63) is 65.9 Å². The Hall–Kier alpha value is -3.52. The summed E-state index contributed by atoms with van der Waals surface area (Å²) in [6, 6.07) is 13.9. The molecule has 0 saturated heterocycles. The summed E-state index contributed by atoms with van der Waals surface area (Å²) in [7, 11) is 4.79. The number of nitrogens with zero attached hydrogens (tertiary/aromatic N) is 2. The van der Waals surface area contributed by atoms with Gasteiger partial charge in [0.2, 0.25) is 0 Å². The van der Waals surface area contributed by atoms with Crippen LogP contribution in [0.5, 0.6) is 11.5 Å². The number of nitrogens with one attached hydrogen (secondary N) is 1. The van der Waals surface area contributed by atoms with Gasteiger partial charge in [-0.15, -0.1) is 0 Å². The summed E-state index contributed by atoms with van der Waals surface area (Å²) in [6.45, 7) is 0. The fourth-order valence-electron chi connectivity index (χ4n) is 3.12. The minimum atomic E-state index is -0.297. The molecule has 2 aromatic carbocycles. The zero-order chi connectivity index (χ0) is 21.3. The van der Waals surface area contributed by atoms with Crippen LogP contribution in [0.2, 0.25) is 0 Å². The standard InChI is InChI=1S/C22H19N3O4S/c1-25-18-7-6-14(11-19(18)30-21-17(22(25)27)5-4-8-23-21)24-20(26)13-9-15(28-2)12-16(10-13)29-3/h4-12H,1-3H3,(H,24,26). The minimum absolute atomic E-state index is 0.121. The van der Waals surface area contributed by atoms with Gasteiger partial charge in [0.1, 0.15) is 16.5 Å². The Kier molecular flexibility index (Phi) is 5.33.